The molecule has 0 unspecified atom stereocenters. The van der Waals surface area contributed by atoms with Gasteiger partial charge in [-0.15, -0.1) is 0 Å². The summed E-state index contributed by atoms with van der Waals surface area (Å²) in [5.74, 6) is 0.244. The normalized spacial score (nSPS) is 20.4. The number of hydrogen-bond donors (Lipinski definition) is 2. The van der Waals surface area contributed by atoms with Gasteiger partial charge in [0.05, 0.1) is 11.4 Å². The maximum atomic E-state index is 13.2. The molecule has 1 saturated heterocycles. The van der Waals surface area contributed by atoms with Crippen LogP contribution in [0.4, 0.5) is 10.2 Å². The van der Waals surface area contributed by atoms with Crippen LogP contribution in [0.3, 0.4) is 0 Å². The number of rotatable bonds is 5. The van der Waals surface area contributed by atoms with Crippen LogP contribution in [0.2, 0.25) is 0 Å². The van der Waals surface area contributed by atoms with Crippen molar-refractivity contribution in [2.75, 3.05) is 25.5 Å². The summed E-state index contributed by atoms with van der Waals surface area (Å²) >= 11 is 0. The van der Waals surface area contributed by atoms with Gasteiger partial charge in [-0.25, -0.2) is 14.4 Å². The zero-order chi connectivity index (χ0) is 19.6. The smallest absolute Gasteiger partial charge is 0.269 e. The van der Waals surface area contributed by atoms with E-state index in [1.807, 2.05) is 0 Å². The maximum absolute atomic E-state index is 13.2. The molecule has 3 rings (SSSR count). The number of anilines is 1. The van der Waals surface area contributed by atoms with E-state index in [9.17, 15) is 9.18 Å². The molecule has 2 aromatic rings. The molecule has 2 atom stereocenters. The first kappa shape index (κ1) is 19.2. The van der Waals surface area contributed by atoms with Crippen molar-refractivity contribution in [2.24, 2.45) is 11.7 Å². The van der Waals surface area contributed by atoms with E-state index in [4.69, 9.17) is 5.73 Å². The van der Waals surface area contributed by atoms with Crippen molar-refractivity contribution < 1.29 is 9.18 Å². The molecule has 2 heterocycles. The number of amides is 1. The molecule has 7 heteroatoms. The van der Waals surface area contributed by atoms with Crippen LogP contribution in [-0.4, -0.2) is 47.0 Å². The van der Waals surface area contributed by atoms with E-state index in [0.29, 0.717) is 29.5 Å². The van der Waals surface area contributed by atoms with Crippen molar-refractivity contribution in [1.82, 2.24) is 14.9 Å². The third kappa shape index (κ3) is 4.60. The van der Waals surface area contributed by atoms with E-state index in [1.165, 1.54) is 12.1 Å². The molecule has 1 amide bonds. The lowest BCUT2D eigenvalue weighted by Crippen LogP contribution is -2.43. The highest BCUT2D eigenvalue weighted by Gasteiger charge is 2.26. The largest absolute Gasteiger partial charge is 0.365 e. The van der Waals surface area contributed by atoms with Crippen molar-refractivity contribution in [3.8, 4) is 0 Å². The van der Waals surface area contributed by atoms with Crippen LogP contribution in [0.5, 0.6) is 0 Å². The fraction of sp³-hybridized carbons (Fsp3) is 0.450. The molecule has 3 N–H and O–H groups in total. The van der Waals surface area contributed by atoms with Gasteiger partial charge in [0.1, 0.15) is 17.3 Å². The first-order valence-electron chi connectivity index (χ1n) is 9.20. The summed E-state index contributed by atoms with van der Waals surface area (Å²) in [6, 6.07) is 6.53. The van der Waals surface area contributed by atoms with E-state index in [1.54, 1.807) is 19.1 Å². The Morgan fingerprint density at radius 2 is 2.04 bits per heavy atom. The molecule has 1 fully saturated rings. The molecule has 0 saturated carbocycles. The van der Waals surface area contributed by atoms with Gasteiger partial charge in [0.25, 0.3) is 5.91 Å². The fourth-order valence-corrected chi connectivity index (χ4v) is 3.57. The Bertz CT molecular complexity index is 824. The Kier molecular flexibility index (Phi) is 5.70. The van der Waals surface area contributed by atoms with Gasteiger partial charge in [0.15, 0.2) is 0 Å². The molecular weight excluding hydrogens is 345 g/mol. The lowest BCUT2D eigenvalue weighted by atomic mass is 9.94. The minimum absolute atomic E-state index is 0.175. The Hall–Kier alpha value is -2.54. The first-order valence-corrected chi connectivity index (χ1v) is 9.20. The molecule has 0 spiro atoms. The predicted molar refractivity (Wildman–Crippen MR) is 103 cm³/mol. The third-order valence-corrected chi connectivity index (χ3v) is 5.09. The number of nitrogens with one attached hydrogen (secondary N) is 1. The van der Waals surface area contributed by atoms with Crippen LogP contribution >= 0.6 is 0 Å². The third-order valence-electron chi connectivity index (χ3n) is 5.09. The number of primary amides is 1. The number of nitrogens with zero attached hydrogens (tertiary/aromatic N) is 3. The van der Waals surface area contributed by atoms with Crippen LogP contribution in [0.1, 0.15) is 40.8 Å². The Morgan fingerprint density at radius 1 is 1.33 bits per heavy atom. The molecule has 0 radical (unpaired) electrons. The van der Waals surface area contributed by atoms with Crippen molar-refractivity contribution in [2.45, 2.75) is 32.7 Å². The number of piperidine rings is 1. The van der Waals surface area contributed by atoms with E-state index in [0.717, 1.165) is 25.1 Å². The average molecular weight is 371 g/mol. The highest BCUT2D eigenvalue weighted by atomic mass is 19.1. The minimum atomic E-state index is -0.598. The van der Waals surface area contributed by atoms with E-state index >= 15 is 0 Å². The average Bonchev–Trinajstić information content (AvgIpc) is 2.61. The highest BCUT2D eigenvalue weighted by Crippen LogP contribution is 2.24. The Morgan fingerprint density at radius 3 is 2.67 bits per heavy atom. The van der Waals surface area contributed by atoms with E-state index in [-0.39, 0.29) is 17.6 Å². The van der Waals surface area contributed by atoms with Crippen molar-refractivity contribution in [3.05, 3.63) is 52.7 Å². The second-order valence-corrected chi connectivity index (χ2v) is 7.40. The number of nitrogens with two attached hydrogens (primary N) is 1. The van der Waals surface area contributed by atoms with Gasteiger partial charge in [0.2, 0.25) is 0 Å². The Balaban J connectivity index is 1.92. The molecule has 1 aromatic carbocycles. The number of halogens is 1. The SMILES string of the molecule is Cc1nc(N[C@@H]2CCN(C)C[C@H]2C)c(Cc2ccc(F)cc2)nc1C(N)=O. The second-order valence-electron chi connectivity index (χ2n) is 7.40. The van der Waals surface area contributed by atoms with Gasteiger partial charge < -0.3 is 16.0 Å². The molecule has 27 heavy (non-hydrogen) atoms. The molecule has 0 aliphatic carbocycles. The number of carbonyl (C=O) groups excluding carboxylic acids is 1. The summed E-state index contributed by atoms with van der Waals surface area (Å²) in [7, 11) is 2.12. The second kappa shape index (κ2) is 8.00. The summed E-state index contributed by atoms with van der Waals surface area (Å²) in [6.45, 7) is 5.97. The predicted octanol–water partition coefficient (Wildman–Crippen LogP) is 2.37. The number of carbonyl (C=O) groups is 1. The minimum Gasteiger partial charge on any atom is -0.365 e. The first-order chi connectivity index (χ1) is 12.8. The Labute approximate surface area is 159 Å². The molecule has 6 nitrogen and oxygen atoms in total. The van der Waals surface area contributed by atoms with Crippen LogP contribution in [0, 0.1) is 18.7 Å². The van der Waals surface area contributed by atoms with Crippen molar-refractivity contribution in [3.63, 3.8) is 0 Å². The number of aryl methyl sites for hydroxylation is 1. The summed E-state index contributed by atoms with van der Waals surface area (Å²) in [5, 5.41) is 3.53. The molecule has 1 aromatic heterocycles. The zero-order valence-corrected chi connectivity index (χ0v) is 16.0. The number of likely N-dealkylation sites (tertiary alicyclic amines) is 1. The van der Waals surface area contributed by atoms with E-state index in [2.05, 4.69) is 34.2 Å². The van der Waals surface area contributed by atoms with E-state index < -0.39 is 5.91 Å². The van der Waals surface area contributed by atoms with Crippen LogP contribution in [0.15, 0.2) is 24.3 Å². The standard InChI is InChI=1S/C20H26FN5O/c1-12-11-26(3)9-8-16(12)25-20-17(10-14-4-6-15(21)7-5-14)24-18(19(22)27)13(2)23-20/h4-7,12,16H,8-11H2,1-3H3,(H2,22,27)(H,23,25)/t12-,16-/m1/s1. The molecule has 1 aliphatic rings. The number of benzene rings is 1. The van der Waals surface area contributed by atoms with Gasteiger partial charge in [-0.3, -0.25) is 4.79 Å². The lowest BCUT2D eigenvalue weighted by Gasteiger charge is -2.35. The topological polar surface area (TPSA) is 84.1 Å². The van der Waals surface area contributed by atoms with Crippen LogP contribution in [0.25, 0.3) is 0 Å². The van der Waals surface area contributed by atoms with Gasteiger partial charge in [-0.2, -0.15) is 0 Å². The summed E-state index contributed by atoms with van der Waals surface area (Å²) < 4.78 is 13.2. The zero-order valence-electron chi connectivity index (χ0n) is 16.0. The summed E-state index contributed by atoms with van der Waals surface area (Å²) in [4.78, 5) is 23.1. The van der Waals surface area contributed by atoms with Gasteiger partial charge in [-0.1, -0.05) is 19.1 Å². The molecule has 0 bridgehead atoms. The van der Waals surface area contributed by atoms with Crippen LogP contribution in [-0.2, 0) is 6.42 Å². The molecular formula is C20H26FN5O. The van der Waals surface area contributed by atoms with Gasteiger partial charge >= 0.3 is 0 Å². The monoisotopic (exact) mass is 371 g/mol. The molecule has 144 valence electrons. The van der Waals surface area contributed by atoms with Gasteiger partial charge in [-0.05, 0) is 50.6 Å². The fourth-order valence-electron chi connectivity index (χ4n) is 3.57. The molecule has 1 aliphatic heterocycles. The number of hydrogen-bond acceptors (Lipinski definition) is 5. The lowest BCUT2D eigenvalue weighted by molar-refractivity contribution is 0.0994. The maximum Gasteiger partial charge on any atom is 0.269 e. The van der Waals surface area contributed by atoms with Crippen molar-refractivity contribution >= 4 is 11.7 Å². The summed E-state index contributed by atoms with van der Waals surface area (Å²) in [6.07, 6.45) is 1.45. The number of aromatic nitrogens is 2. The highest BCUT2D eigenvalue weighted by molar-refractivity contribution is 5.92. The van der Waals surface area contributed by atoms with Crippen molar-refractivity contribution in [1.29, 1.82) is 0 Å². The quantitative estimate of drug-likeness (QED) is 0.843. The summed E-state index contributed by atoms with van der Waals surface area (Å²) in [5.41, 5.74) is 7.67. The van der Waals surface area contributed by atoms with Gasteiger partial charge in [0, 0.05) is 19.0 Å². The van der Waals surface area contributed by atoms with Crippen LogP contribution < -0.4 is 11.1 Å².